The van der Waals surface area contributed by atoms with Gasteiger partial charge in [0, 0.05) is 19.0 Å². The molecule has 0 spiro atoms. The molecule has 1 heterocycles. The van der Waals surface area contributed by atoms with Crippen molar-refractivity contribution in [3.05, 3.63) is 16.6 Å². The number of rotatable bonds is 7. The van der Waals surface area contributed by atoms with Crippen molar-refractivity contribution in [2.24, 2.45) is 0 Å². The van der Waals surface area contributed by atoms with Gasteiger partial charge in [0.05, 0.1) is 24.2 Å². The standard InChI is InChI=1S/C8H13N3O4S2/c1-11(3-2-8(12)13)17(14,15)10-4-7-5-16-6-9-7/h5-6,10H,2-4H2,1H3,(H,12,13). The van der Waals surface area contributed by atoms with E-state index in [0.717, 1.165) is 4.31 Å². The van der Waals surface area contributed by atoms with Gasteiger partial charge in [0.2, 0.25) is 0 Å². The van der Waals surface area contributed by atoms with Crippen LogP contribution >= 0.6 is 11.3 Å². The van der Waals surface area contributed by atoms with Gasteiger partial charge in [-0.05, 0) is 0 Å². The summed E-state index contributed by atoms with van der Waals surface area (Å²) < 4.78 is 26.6. The number of hydrogen-bond donors (Lipinski definition) is 2. The number of thiazole rings is 1. The van der Waals surface area contributed by atoms with E-state index in [1.807, 2.05) is 0 Å². The molecule has 2 N–H and O–H groups in total. The quantitative estimate of drug-likeness (QED) is 0.725. The minimum atomic E-state index is -3.65. The molecule has 0 aliphatic rings. The number of aromatic nitrogens is 1. The van der Waals surface area contributed by atoms with Gasteiger partial charge in [-0.1, -0.05) is 0 Å². The zero-order chi connectivity index (χ0) is 12.9. The van der Waals surface area contributed by atoms with Crippen LogP contribution in [-0.2, 0) is 21.5 Å². The highest BCUT2D eigenvalue weighted by atomic mass is 32.2. The second-order valence-corrected chi connectivity index (χ2v) is 5.85. The molecule has 0 fully saturated rings. The van der Waals surface area contributed by atoms with Crippen LogP contribution in [0.2, 0.25) is 0 Å². The SMILES string of the molecule is CN(CCC(=O)O)S(=O)(=O)NCc1cscn1. The Bertz CT molecular complexity index is 457. The molecule has 96 valence electrons. The molecule has 9 heteroatoms. The predicted octanol–water partition coefficient (Wildman–Crippen LogP) is -0.116. The molecule has 0 aliphatic heterocycles. The third-order valence-corrected chi connectivity index (χ3v) is 4.12. The number of aliphatic carboxylic acids is 1. The van der Waals surface area contributed by atoms with Gasteiger partial charge >= 0.3 is 5.97 Å². The van der Waals surface area contributed by atoms with Gasteiger partial charge in [-0.2, -0.15) is 17.4 Å². The zero-order valence-corrected chi connectivity index (χ0v) is 10.8. The summed E-state index contributed by atoms with van der Waals surface area (Å²) >= 11 is 1.38. The molecule has 0 aliphatic carbocycles. The topological polar surface area (TPSA) is 99.6 Å². The number of nitrogens with zero attached hydrogens (tertiary/aromatic N) is 2. The van der Waals surface area contributed by atoms with Crippen molar-refractivity contribution in [1.82, 2.24) is 14.0 Å². The summed E-state index contributed by atoms with van der Waals surface area (Å²) in [6, 6.07) is 0. The minimum absolute atomic E-state index is 0.0677. The van der Waals surface area contributed by atoms with E-state index in [-0.39, 0.29) is 19.5 Å². The van der Waals surface area contributed by atoms with Crippen LogP contribution in [0.3, 0.4) is 0 Å². The highest BCUT2D eigenvalue weighted by Crippen LogP contribution is 2.02. The largest absolute Gasteiger partial charge is 0.481 e. The molecule has 0 radical (unpaired) electrons. The predicted molar refractivity (Wildman–Crippen MR) is 62.8 cm³/mol. The van der Waals surface area contributed by atoms with E-state index in [9.17, 15) is 13.2 Å². The lowest BCUT2D eigenvalue weighted by Crippen LogP contribution is -2.38. The number of carboxylic acids is 1. The van der Waals surface area contributed by atoms with Crippen molar-refractivity contribution < 1.29 is 18.3 Å². The summed E-state index contributed by atoms with van der Waals surface area (Å²) in [6.45, 7) is 0.0327. The van der Waals surface area contributed by atoms with Gasteiger partial charge in [0.1, 0.15) is 0 Å². The van der Waals surface area contributed by atoms with Gasteiger partial charge < -0.3 is 5.11 Å². The summed E-state index contributed by atoms with van der Waals surface area (Å²) in [5.41, 5.74) is 2.24. The van der Waals surface area contributed by atoms with E-state index in [4.69, 9.17) is 5.11 Å². The molecule has 7 nitrogen and oxygen atoms in total. The summed E-state index contributed by atoms with van der Waals surface area (Å²) in [7, 11) is -2.32. The number of carbonyl (C=O) groups is 1. The average molecular weight is 279 g/mol. The van der Waals surface area contributed by atoms with E-state index in [2.05, 4.69) is 9.71 Å². The third kappa shape index (κ3) is 4.77. The molecule has 0 atom stereocenters. The summed E-state index contributed by atoms with van der Waals surface area (Å²) in [5, 5.41) is 10.2. The van der Waals surface area contributed by atoms with Crippen molar-refractivity contribution in [1.29, 1.82) is 0 Å². The highest BCUT2D eigenvalue weighted by molar-refractivity contribution is 7.87. The first kappa shape index (κ1) is 14.0. The molecule has 0 aromatic carbocycles. The van der Waals surface area contributed by atoms with Crippen LogP contribution in [0.15, 0.2) is 10.9 Å². The number of hydrogen-bond acceptors (Lipinski definition) is 5. The normalized spacial score (nSPS) is 11.9. The van der Waals surface area contributed by atoms with Crippen molar-refractivity contribution >= 4 is 27.5 Å². The molecule has 1 aromatic heterocycles. The first-order valence-electron chi connectivity index (χ1n) is 4.71. The lowest BCUT2D eigenvalue weighted by Gasteiger charge is -2.16. The van der Waals surface area contributed by atoms with Crippen LogP contribution in [0.1, 0.15) is 12.1 Å². The second-order valence-electron chi connectivity index (χ2n) is 3.27. The van der Waals surface area contributed by atoms with E-state index in [0.29, 0.717) is 5.69 Å². The van der Waals surface area contributed by atoms with E-state index in [1.54, 1.807) is 10.9 Å². The highest BCUT2D eigenvalue weighted by Gasteiger charge is 2.17. The van der Waals surface area contributed by atoms with Crippen molar-refractivity contribution in [3.63, 3.8) is 0 Å². The minimum Gasteiger partial charge on any atom is -0.481 e. The molecule has 0 unspecified atom stereocenters. The van der Waals surface area contributed by atoms with Crippen LogP contribution < -0.4 is 4.72 Å². The summed E-state index contributed by atoms with van der Waals surface area (Å²) in [4.78, 5) is 14.3. The fraction of sp³-hybridized carbons (Fsp3) is 0.500. The molecule has 1 aromatic rings. The van der Waals surface area contributed by atoms with Crippen LogP contribution in [-0.4, -0.2) is 42.4 Å². The first-order valence-corrected chi connectivity index (χ1v) is 7.10. The van der Waals surface area contributed by atoms with Crippen molar-refractivity contribution in [2.45, 2.75) is 13.0 Å². The van der Waals surface area contributed by atoms with Crippen molar-refractivity contribution in [2.75, 3.05) is 13.6 Å². The number of nitrogens with one attached hydrogen (secondary N) is 1. The Morgan fingerprint density at radius 2 is 2.35 bits per heavy atom. The Morgan fingerprint density at radius 1 is 1.65 bits per heavy atom. The monoisotopic (exact) mass is 279 g/mol. The van der Waals surface area contributed by atoms with E-state index in [1.165, 1.54) is 18.4 Å². The molecule has 0 saturated carbocycles. The Hall–Kier alpha value is -1.03. The van der Waals surface area contributed by atoms with Crippen LogP contribution in [0.4, 0.5) is 0 Å². The van der Waals surface area contributed by atoms with Crippen molar-refractivity contribution in [3.8, 4) is 0 Å². The van der Waals surface area contributed by atoms with E-state index >= 15 is 0 Å². The molecule has 1 rings (SSSR count). The molecule has 0 amide bonds. The second kappa shape index (κ2) is 6.05. The van der Waals surface area contributed by atoms with E-state index < -0.39 is 16.2 Å². The number of carboxylic acid groups (broad SMARTS) is 1. The smallest absolute Gasteiger partial charge is 0.304 e. The lowest BCUT2D eigenvalue weighted by molar-refractivity contribution is -0.137. The third-order valence-electron chi connectivity index (χ3n) is 1.97. The Kier molecular flexibility index (Phi) is 5.00. The van der Waals surface area contributed by atoms with Gasteiger partial charge in [-0.3, -0.25) is 4.79 Å². The van der Waals surface area contributed by atoms with Gasteiger partial charge in [-0.15, -0.1) is 11.3 Å². The maximum Gasteiger partial charge on any atom is 0.304 e. The Morgan fingerprint density at radius 3 is 2.88 bits per heavy atom. The summed E-state index contributed by atoms with van der Waals surface area (Å²) in [6.07, 6.45) is -0.228. The average Bonchev–Trinajstić information content (AvgIpc) is 2.75. The van der Waals surface area contributed by atoms with Crippen LogP contribution in [0.5, 0.6) is 0 Å². The molecular formula is C8H13N3O4S2. The van der Waals surface area contributed by atoms with Gasteiger partial charge in [0.25, 0.3) is 10.2 Å². The summed E-state index contributed by atoms with van der Waals surface area (Å²) in [5.74, 6) is -1.04. The van der Waals surface area contributed by atoms with Gasteiger partial charge in [-0.25, -0.2) is 4.98 Å². The Labute approximate surface area is 103 Å². The molecule has 0 saturated heterocycles. The Balaban J connectivity index is 2.47. The maximum atomic E-state index is 11.6. The maximum absolute atomic E-state index is 11.6. The van der Waals surface area contributed by atoms with Gasteiger partial charge in [0.15, 0.2) is 0 Å². The zero-order valence-electron chi connectivity index (χ0n) is 9.16. The molecule has 17 heavy (non-hydrogen) atoms. The fourth-order valence-corrected chi connectivity index (χ4v) is 2.41. The lowest BCUT2D eigenvalue weighted by atomic mass is 10.4. The van der Waals surface area contributed by atoms with Crippen LogP contribution in [0, 0.1) is 0 Å². The molecule has 0 bridgehead atoms. The molecular weight excluding hydrogens is 266 g/mol. The van der Waals surface area contributed by atoms with Crippen LogP contribution in [0.25, 0.3) is 0 Å². The first-order chi connectivity index (χ1) is 7.92. The fourth-order valence-electron chi connectivity index (χ4n) is 0.973.